The summed E-state index contributed by atoms with van der Waals surface area (Å²) in [5, 5.41) is 2.33. The van der Waals surface area contributed by atoms with Gasteiger partial charge < -0.3 is 5.32 Å². The SMILES string of the molecule is C=CC(=O)NCNS(=O)(=O)Cc1ccccc1. The lowest BCUT2D eigenvalue weighted by molar-refractivity contribution is -0.116. The van der Waals surface area contributed by atoms with Crippen LogP contribution in [0.2, 0.25) is 0 Å². The van der Waals surface area contributed by atoms with Gasteiger partial charge in [-0.15, -0.1) is 0 Å². The molecule has 0 atom stereocenters. The summed E-state index contributed by atoms with van der Waals surface area (Å²) in [4.78, 5) is 10.8. The molecule has 0 aromatic heterocycles. The van der Waals surface area contributed by atoms with Crippen molar-refractivity contribution < 1.29 is 13.2 Å². The zero-order chi connectivity index (χ0) is 12.7. The summed E-state index contributed by atoms with van der Waals surface area (Å²) in [6.07, 6.45) is 1.07. The fraction of sp³-hybridized carbons (Fsp3) is 0.182. The Kier molecular flexibility index (Phi) is 4.86. The van der Waals surface area contributed by atoms with Crippen molar-refractivity contribution in [3.05, 3.63) is 48.6 Å². The van der Waals surface area contributed by atoms with E-state index in [2.05, 4.69) is 16.6 Å². The molecule has 5 nitrogen and oxygen atoms in total. The first-order valence-corrected chi connectivity index (χ1v) is 6.60. The van der Waals surface area contributed by atoms with Gasteiger partial charge >= 0.3 is 0 Å². The van der Waals surface area contributed by atoms with Gasteiger partial charge in [-0.25, -0.2) is 8.42 Å². The third-order valence-corrected chi connectivity index (χ3v) is 3.24. The first-order valence-electron chi connectivity index (χ1n) is 4.95. The Morgan fingerprint density at radius 2 is 1.94 bits per heavy atom. The van der Waals surface area contributed by atoms with Crippen molar-refractivity contribution in [1.82, 2.24) is 10.0 Å². The van der Waals surface area contributed by atoms with E-state index in [-0.39, 0.29) is 12.4 Å². The van der Waals surface area contributed by atoms with Crippen LogP contribution >= 0.6 is 0 Å². The molecule has 1 amide bonds. The zero-order valence-electron chi connectivity index (χ0n) is 9.22. The Morgan fingerprint density at radius 3 is 2.53 bits per heavy atom. The van der Waals surface area contributed by atoms with Gasteiger partial charge in [-0.05, 0) is 11.6 Å². The van der Waals surface area contributed by atoms with Crippen molar-refractivity contribution in [1.29, 1.82) is 0 Å². The topological polar surface area (TPSA) is 75.3 Å². The fourth-order valence-corrected chi connectivity index (χ4v) is 2.18. The van der Waals surface area contributed by atoms with Crippen molar-refractivity contribution in [2.24, 2.45) is 0 Å². The molecule has 0 saturated heterocycles. The van der Waals surface area contributed by atoms with E-state index in [1.807, 2.05) is 6.07 Å². The lowest BCUT2D eigenvalue weighted by Crippen LogP contribution is -2.36. The lowest BCUT2D eigenvalue weighted by atomic mass is 10.2. The Labute approximate surface area is 101 Å². The van der Waals surface area contributed by atoms with Crippen LogP contribution in [0.1, 0.15) is 5.56 Å². The first-order chi connectivity index (χ1) is 8.03. The minimum absolute atomic E-state index is 0.113. The van der Waals surface area contributed by atoms with E-state index in [0.29, 0.717) is 5.56 Å². The van der Waals surface area contributed by atoms with E-state index >= 15 is 0 Å². The van der Waals surface area contributed by atoms with Gasteiger partial charge in [0.2, 0.25) is 15.9 Å². The number of carbonyl (C=O) groups excluding carboxylic acids is 1. The number of benzene rings is 1. The maximum Gasteiger partial charge on any atom is 0.244 e. The van der Waals surface area contributed by atoms with Gasteiger partial charge in [0.05, 0.1) is 12.4 Å². The molecular weight excluding hydrogens is 240 g/mol. The number of sulfonamides is 1. The van der Waals surface area contributed by atoms with E-state index in [9.17, 15) is 13.2 Å². The lowest BCUT2D eigenvalue weighted by Gasteiger charge is -2.06. The van der Waals surface area contributed by atoms with E-state index in [4.69, 9.17) is 0 Å². The smallest absolute Gasteiger partial charge is 0.244 e. The highest BCUT2D eigenvalue weighted by Gasteiger charge is 2.10. The number of hydrogen-bond donors (Lipinski definition) is 2. The van der Waals surface area contributed by atoms with Crippen LogP contribution in [0.5, 0.6) is 0 Å². The monoisotopic (exact) mass is 254 g/mol. The highest BCUT2D eigenvalue weighted by Crippen LogP contribution is 2.03. The maximum absolute atomic E-state index is 11.6. The predicted octanol–water partition coefficient (Wildman–Crippen LogP) is 0.366. The molecular formula is C11H14N2O3S. The fourth-order valence-electron chi connectivity index (χ4n) is 1.15. The Balaban J connectivity index is 2.47. The Hall–Kier alpha value is -1.66. The van der Waals surface area contributed by atoms with Gasteiger partial charge in [0.25, 0.3) is 0 Å². The Bertz CT molecular complexity index is 483. The summed E-state index contributed by atoms with van der Waals surface area (Å²) in [6.45, 7) is 3.12. The largest absolute Gasteiger partial charge is 0.339 e. The molecule has 1 rings (SSSR count). The van der Waals surface area contributed by atoms with Gasteiger partial charge in [0.1, 0.15) is 0 Å². The molecule has 0 bridgehead atoms. The third-order valence-electron chi connectivity index (χ3n) is 1.94. The highest BCUT2D eigenvalue weighted by molar-refractivity contribution is 7.88. The van der Waals surface area contributed by atoms with E-state index in [1.165, 1.54) is 0 Å². The molecule has 0 radical (unpaired) electrons. The average molecular weight is 254 g/mol. The van der Waals surface area contributed by atoms with Gasteiger partial charge in [-0.3, -0.25) is 4.79 Å². The number of rotatable bonds is 6. The van der Waals surface area contributed by atoms with Crippen LogP contribution in [0.25, 0.3) is 0 Å². The van der Waals surface area contributed by atoms with Crippen molar-refractivity contribution >= 4 is 15.9 Å². The number of nitrogens with one attached hydrogen (secondary N) is 2. The van der Waals surface area contributed by atoms with Crippen LogP contribution in [-0.2, 0) is 20.6 Å². The second kappa shape index (κ2) is 6.17. The molecule has 6 heteroatoms. The highest BCUT2D eigenvalue weighted by atomic mass is 32.2. The molecule has 0 aliphatic carbocycles. The van der Waals surface area contributed by atoms with E-state index < -0.39 is 15.9 Å². The van der Waals surface area contributed by atoms with Gasteiger partial charge in [-0.1, -0.05) is 36.9 Å². The van der Waals surface area contributed by atoms with Crippen LogP contribution in [-0.4, -0.2) is 21.0 Å². The maximum atomic E-state index is 11.6. The second-order valence-corrected chi connectivity index (χ2v) is 5.12. The van der Waals surface area contributed by atoms with Crippen LogP contribution in [0, 0.1) is 0 Å². The molecule has 92 valence electrons. The normalized spacial score (nSPS) is 10.8. The number of hydrogen-bond acceptors (Lipinski definition) is 3. The molecule has 0 aliphatic heterocycles. The molecule has 2 N–H and O–H groups in total. The molecule has 1 aromatic rings. The van der Waals surface area contributed by atoms with Crippen molar-refractivity contribution in [3.8, 4) is 0 Å². The van der Waals surface area contributed by atoms with Crippen molar-refractivity contribution in [3.63, 3.8) is 0 Å². The average Bonchev–Trinajstić information content (AvgIpc) is 2.29. The zero-order valence-corrected chi connectivity index (χ0v) is 10.0. The molecule has 0 aliphatic rings. The summed E-state index contributed by atoms with van der Waals surface area (Å²) in [5.74, 6) is -0.537. The standard InChI is InChI=1S/C11H14N2O3S/c1-2-11(14)12-9-13-17(15,16)8-10-6-4-3-5-7-10/h2-7,13H,1,8-9H2,(H,12,14). The summed E-state index contributed by atoms with van der Waals surface area (Å²) in [6, 6.07) is 8.80. The van der Waals surface area contributed by atoms with Crippen LogP contribution in [0.3, 0.4) is 0 Å². The van der Waals surface area contributed by atoms with Crippen LogP contribution < -0.4 is 10.0 Å². The molecule has 0 unspecified atom stereocenters. The van der Waals surface area contributed by atoms with E-state index in [1.54, 1.807) is 24.3 Å². The van der Waals surface area contributed by atoms with Gasteiger partial charge in [-0.2, -0.15) is 4.72 Å². The third kappa shape index (κ3) is 5.28. The van der Waals surface area contributed by atoms with Crippen molar-refractivity contribution in [2.75, 3.05) is 6.67 Å². The van der Waals surface area contributed by atoms with Crippen LogP contribution in [0.15, 0.2) is 43.0 Å². The predicted molar refractivity (Wildman–Crippen MR) is 65.4 cm³/mol. The summed E-state index contributed by atoms with van der Waals surface area (Å²) in [5.41, 5.74) is 0.690. The molecule has 0 heterocycles. The number of amides is 1. The molecule has 0 saturated carbocycles. The van der Waals surface area contributed by atoms with Gasteiger partial charge in [0, 0.05) is 0 Å². The summed E-state index contributed by atoms with van der Waals surface area (Å²) in [7, 11) is -3.44. The molecule has 17 heavy (non-hydrogen) atoms. The summed E-state index contributed by atoms with van der Waals surface area (Å²) < 4.78 is 25.4. The molecule has 0 spiro atoms. The molecule has 0 fully saturated rings. The van der Waals surface area contributed by atoms with Gasteiger partial charge in [0.15, 0.2) is 0 Å². The first kappa shape index (κ1) is 13.4. The Morgan fingerprint density at radius 1 is 1.29 bits per heavy atom. The second-order valence-electron chi connectivity index (χ2n) is 3.31. The van der Waals surface area contributed by atoms with Crippen LogP contribution in [0.4, 0.5) is 0 Å². The van der Waals surface area contributed by atoms with E-state index in [0.717, 1.165) is 6.08 Å². The minimum Gasteiger partial charge on any atom is -0.339 e. The summed E-state index contributed by atoms with van der Waals surface area (Å²) >= 11 is 0. The quantitative estimate of drug-likeness (QED) is 0.569. The minimum atomic E-state index is -3.44. The number of carbonyl (C=O) groups is 1. The molecule has 1 aromatic carbocycles. The van der Waals surface area contributed by atoms with Crippen molar-refractivity contribution in [2.45, 2.75) is 5.75 Å².